The average molecular weight is 703 g/mol. The molecule has 0 spiro atoms. The molecular formula is C33H41F3N8O2S2. The number of thiophene rings is 1. The summed E-state index contributed by atoms with van der Waals surface area (Å²) in [4.78, 5) is 14.6. The SMILES string of the molecule is CCc1nc(NC2CCN(Cc3ccc4c(cc(C#N)n4CCN4CCN(S(C)(=O)=O)CC4)c3C)CC2)c2cc(CC(F)(F)F)sc2n1. The summed E-state index contributed by atoms with van der Waals surface area (Å²) in [6, 6.07) is 10.3. The molecular weight excluding hydrogens is 662 g/mol. The van der Waals surface area contributed by atoms with Gasteiger partial charge in [-0.15, -0.1) is 11.3 Å². The van der Waals surface area contributed by atoms with Gasteiger partial charge in [0, 0.05) is 87.1 Å². The zero-order chi connectivity index (χ0) is 34.2. The lowest BCUT2D eigenvalue weighted by Crippen LogP contribution is -2.48. The smallest absolute Gasteiger partial charge is 0.367 e. The molecule has 1 N–H and O–H groups in total. The maximum atomic E-state index is 13.1. The van der Waals surface area contributed by atoms with Gasteiger partial charge in [-0.05, 0) is 49.1 Å². The van der Waals surface area contributed by atoms with E-state index in [1.54, 1.807) is 6.07 Å². The van der Waals surface area contributed by atoms with Gasteiger partial charge in [0.15, 0.2) is 0 Å². The zero-order valence-electron chi connectivity index (χ0n) is 27.5. The fraction of sp³-hybridized carbons (Fsp3) is 0.545. The van der Waals surface area contributed by atoms with Crippen molar-refractivity contribution in [3.63, 3.8) is 0 Å². The van der Waals surface area contributed by atoms with E-state index in [0.717, 1.165) is 66.8 Å². The third-order valence-electron chi connectivity index (χ3n) is 9.52. The third kappa shape index (κ3) is 7.78. The number of aryl methyl sites for hydroxylation is 2. The Bertz CT molecular complexity index is 1930. The molecule has 1 aromatic carbocycles. The highest BCUT2D eigenvalue weighted by Crippen LogP contribution is 2.34. The number of nitrogens with zero attached hydrogens (tertiary/aromatic N) is 7. The Morgan fingerprint density at radius 3 is 2.40 bits per heavy atom. The number of halogens is 3. The fourth-order valence-corrected chi connectivity index (χ4v) is 8.69. The molecule has 6 rings (SSSR count). The minimum Gasteiger partial charge on any atom is -0.367 e. The van der Waals surface area contributed by atoms with Crippen LogP contribution >= 0.6 is 11.3 Å². The lowest BCUT2D eigenvalue weighted by Gasteiger charge is -2.33. The van der Waals surface area contributed by atoms with Crippen molar-refractivity contribution in [2.75, 3.05) is 57.4 Å². The van der Waals surface area contributed by atoms with Crippen molar-refractivity contribution in [3.05, 3.63) is 51.8 Å². The summed E-state index contributed by atoms with van der Waals surface area (Å²) in [5.41, 5.74) is 4.02. The van der Waals surface area contributed by atoms with E-state index in [-0.39, 0.29) is 10.9 Å². The number of alkyl halides is 3. The lowest BCUT2D eigenvalue weighted by molar-refractivity contribution is -0.126. The topological polar surface area (TPSA) is 110 Å². The predicted octanol–water partition coefficient (Wildman–Crippen LogP) is 5.15. The van der Waals surface area contributed by atoms with Gasteiger partial charge in [-0.25, -0.2) is 18.4 Å². The molecule has 0 bridgehead atoms. The van der Waals surface area contributed by atoms with E-state index in [0.29, 0.717) is 66.7 Å². The largest absolute Gasteiger partial charge is 0.393 e. The molecule has 15 heteroatoms. The van der Waals surface area contributed by atoms with E-state index in [4.69, 9.17) is 0 Å². The Morgan fingerprint density at radius 1 is 1.02 bits per heavy atom. The number of aromatic nitrogens is 3. The number of sulfonamides is 1. The predicted molar refractivity (Wildman–Crippen MR) is 183 cm³/mol. The van der Waals surface area contributed by atoms with Crippen molar-refractivity contribution in [3.8, 4) is 6.07 Å². The molecule has 0 amide bonds. The van der Waals surface area contributed by atoms with Crippen LogP contribution in [0, 0.1) is 18.3 Å². The number of rotatable bonds is 10. The molecule has 0 unspecified atom stereocenters. The molecule has 0 atom stereocenters. The minimum absolute atomic E-state index is 0.153. The number of piperazine rings is 1. The molecule has 2 aliphatic heterocycles. The molecule has 2 saturated heterocycles. The molecule has 10 nitrogen and oxygen atoms in total. The first-order valence-electron chi connectivity index (χ1n) is 16.4. The molecule has 5 heterocycles. The van der Waals surface area contributed by atoms with Gasteiger partial charge in [0.05, 0.1) is 18.1 Å². The fourth-order valence-electron chi connectivity index (χ4n) is 6.79. The van der Waals surface area contributed by atoms with Crippen molar-refractivity contribution < 1.29 is 21.6 Å². The lowest BCUT2D eigenvalue weighted by atomic mass is 10.0. The first-order valence-corrected chi connectivity index (χ1v) is 19.0. The summed E-state index contributed by atoms with van der Waals surface area (Å²) in [7, 11) is -3.18. The van der Waals surface area contributed by atoms with Crippen molar-refractivity contribution in [1.29, 1.82) is 5.26 Å². The van der Waals surface area contributed by atoms with Gasteiger partial charge in [-0.3, -0.25) is 9.80 Å². The maximum absolute atomic E-state index is 13.1. The Balaban J connectivity index is 1.08. The molecule has 0 radical (unpaired) electrons. The summed E-state index contributed by atoms with van der Waals surface area (Å²) >= 11 is 1.09. The molecule has 3 aromatic heterocycles. The number of nitrogens with one attached hydrogen (secondary N) is 1. The number of anilines is 1. The summed E-state index contributed by atoms with van der Waals surface area (Å²) in [5, 5.41) is 15.2. The Labute approximate surface area is 283 Å². The Hall–Kier alpha value is -3.29. The third-order valence-corrected chi connectivity index (χ3v) is 11.9. The molecule has 0 aliphatic carbocycles. The second-order valence-corrected chi connectivity index (χ2v) is 15.9. The van der Waals surface area contributed by atoms with E-state index < -0.39 is 22.6 Å². The van der Waals surface area contributed by atoms with E-state index in [9.17, 15) is 26.9 Å². The molecule has 2 fully saturated rings. The normalized spacial score (nSPS) is 17.8. The van der Waals surface area contributed by atoms with Crippen molar-refractivity contribution in [2.45, 2.75) is 64.8 Å². The monoisotopic (exact) mass is 702 g/mol. The number of piperidine rings is 1. The van der Waals surface area contributed by atoms with Gasteiger partial charge in [0.1, 0.15) is 28.2 Å². The van der Waals surface area contributed by atoms with Crippen molar-refractivity contribution >= 4 is 48.3 Å². The van der Waals surface area contributed by atoms with Crippen LogP contribution in [0.1, 0.15) is 47.3 Å². The van der Waals surface area contributed by atoms with E-state index in [2.05, 4.69) is 54.8 Å². The van der Waals surface area contributed by atoms with Gasteiger partial charge in [-0.1, -0.05) is 13.0 Å². The van der Waals surface area contributed by atoms with E-state index in [1.807, 2.05) is 13.0 Å². The first-order chi connectivity index (χ1) is 22.8. The maximum Gasteiger partial charge on any atom is 0.393 e. The van der Waals surface area contributed by atoms with E-state index >= 15 is 0 Å². The first kappa shape index (κ1) is 34.6. The summed E-state index contributed by atoms with van der Waals surface area (Å²) in [5.74, 6) is 1.24. The van der Waals surface area contributed by atoms with Crippen LogP contribution in [0.2, 0.25) is 0 Å². The summed E-state index contributed by atoms with van der Waals surface area (Å²) in [6.45, 7) is 10.3. The number of hydrogen-bond donors (Lipinski definition) is 1. The minimum atomic E-state index is -4.27. The summed E-state index contributed by atoms with van der Waals surface area (Å²) < 4.78 is 66.5. The van der Waals surface area contributed by atoms with Crippen LogP contribution in [0.4, 0.5) is 19.0 Å². The highest BCUT2D eigenvalue weighted by molar-refractivity contribution is 7.88. The van der Waals surface area contributed by atoms with Gasteiger partial charge in [-0.2, -0.15) is 22.7 Å². The average Bonchev–Trinajstić information content (AvgIpc) is 3.61. The number of benzene rings is 1. The van der Waals surface area contributed by atoms with Crippen LogP contribution in [0.3, 0.4) is 0 Å². The van der Waals surface area contributed by atoms with Crippen LogP contribution in [0.25, 0.3) is 21.1 Å². The zero-order valence-corrected chi connectivity index (χ0v) is 29.1. The Kier molecular flexibility index (Phi) is 10.0. The Morgan fingerprint density at radius 2 is 1.75 bits per heavy atom. The second kappa shape index (κ2) is 13.9. The highest BCUT2D eigenvalue weighted by Gasteiger charge is 2.30. The van der Waals surface area contributed by atoms with Crippen molar-refractivity contribution in [1.82, 2.24) is 28.6 Å². The summed E-state index contributed by atoms with van der Waals surface area (Å²) in [6.07, 6.45) is -1.63. The van der Waals surface area contributed by atoms with Crippen molar-refractivity contribution in [2.24, 2.45) is 0 Å². The van der Waals surface area contributed by atoms with Crippen LogP contribution in [-0.2, 0) is 36.0 Å². The highest BCUT2D eigenvalue weighted by atomic mass is 32.2. The molecule has 48 heavy (non-hydrogen) atoms. The van der Waals surface area contributed by atoms with Gasteiger partial charge in [0.2, 0.25) is 10.0 Å². The molecule has 2 aliphatic rings. The van der Waals surface area contributed by atoms with Crippen LogP contribution in [0.15, 0.2) is 24.3 Å². The van der Waals surface area contributed by atoms with Crippen LogP contribution in [-0.4, -0.2) is 101 Å². The number of hydrogen-bond acceptors (Lipinski definition) is 9. The molecule has 258 valence electrons. The number of nitriles is 1. The standard InChI is InChI=1S/C33H41F3N8O2S2/c1-4-30-39-31(28-18-26(19-33(34,35)36)47-32(28)40-30)38-24-7-9-42(10-8-24)21-23-5-6-29-27(22(23)2)17-25(20-37)44(29)16-13-41-11-14-43(15-12-41)48(3,45)46/h5-6,17-18,24H,4,7-16,19,21H2,1-3H3,(H,38,39,40). The van der Waals surface area contributed by atoms with Crippen LogP contribution < -0.4 is 5.32 Å². The second-order valence-electron chi connectivity index (χ2n) is 12.8. The van der Waals surface area contributed by atoms with Gasteiger partial charge in [0.25, 0.3) is 0 Å². The van der Waals surface area contributed by atoms with Gasteiger partial charge < -0.3 is 9.88 Å². The van der Waals surface area contributed by atoms with E-state index in [1.165, 1.54) is 16.1 Å². The molecule has 0 saturated carbocycles. The quantitative estimate of drug-likeness (QED) is 0.242. The molecule has 4 aromatic rings. The van der Waals surface area contributed by atoms with Crippen LogP contribution in [0.5, 0.6) is 0 Å². The van der Waals surface area contributed by atoms with Gasteiger partial charge >= 0.3 is 6.18 Å². The number of fused-ring (bicyclic) bond motifs is 2. The number of likely N-dealkylation sites (tertiary alicyclic amines) is 1.